The number of esters is 1. The number of nitrogens with zero attached hydrogens (tertiary/aromatic N) is 2. The van der Waals surface area contributed by atoms with Crippen LogP contribution in [0.25, 0.3) is 0 Å². The molecule has 0 saturated carbocycles. The minimum atomic E-state index is -1.38. The molecule has 3 saturated heterocycles. The summed E-state index contributed by atoms with van der Waals surface area (Å²) in [5.74, 6) is -3.14. The Morgan fingerprint density at radius 1 is 1.16 bits per heavy atom. The van der Waals surface area contributed by atoms with E-state index in [-0.39, 0.29) is 43.1 Å². The van der Waals surface area contributed by atoms with Gasteiger partial charge in [-0.2, -0.15) is 0 Å². The third kappa shape index (κ3) is 7.18. The van der Waals surface area contributed by atoms with Gasteiger partial charge in [0.05, 0.1) is 44.2 Å². The number of aliphatic hydroxyl groups is 1. The van der Waals surface area contributed by atoms with Gasteiger partial charge in [-0.15, -0.1) is 13.2 Å². The number of carbonyl (C=O) groups is 4. The van der Waals surface area contributed by atoms with Gasteiger partial charge in [0.15, 0.2) is 0 Å². The fourth-order valence-corrected chi connectivity index (χ4v) is 8.35. The Balaban J connectivity index is 1.51. The van der Waals surface area contributed by atoms with E-state index in [1.54, 1.807) is 50.5 Å². The van der Waals surface area contributed by atoms with E-state index in [1.165, 1.54) is 9.80 Å². The fourth-order valence-electron chi connectivity index (χ4n) is 7.41. The molecule has 11 nitrogen and oxygen atoms in total. The summed E-state index contributed by atoms with van der Waals surface area (Å²) in [4.78, 5) is 58.4. The number of likely N-dealkylation sites (tertiary alicyclic amines) is 1. The molecule has 0 aliphatic carbocycles. The zero-order valence-corrected chi connectivity index (χ0v) is 29.4. The molecule has 12 heteroatoms. The Morgan fingerprint density at radius 2 is 1.88 bits per heavy atom. The van der Waals surface area contributed by atoms with Crippen LogP contribution >= 0.6 is 15.9 Å². The molecule has 262 valence electrons. The topological polar surface area (TPSA) is 135 Å². The number of ether oxygens (including phenoxy) is 3. The van der Waals surface area contributed by atoms with Crippen molar-refractivity contribution >= 4 is 45.3 Å². The fraction of sp³-hybridized carbons (Fsp3) is 0.459. The average Bonchev–Trinajstić information content (AvgIpc) is 3.71. The second-order valence-corrected chi connectivity index (χ2v) is 13.9. The lowest BCUT2D eigenvalue weighted by Gasteiger charge is -2.39. The maximum absolute atomic E-state index is 14.9. The number of halogens is 1. The first-order valence-corrected chi connectivity index (χ1v) is 17.4. The predicted octanol–water partition coefficient (Wildman–Crippen LogP) is 3.58. The molecular weight excluding hydrogens is 694 g/mol. The molecule has 3 aliphatic rings. The number of hydrogen-bond acceptors (Lipinski definition) is 8. The number of nitrogens with one attached hydrogen (secondary N) is 1. The third-order valence-corrected chi connectivity index (χ3v) is 10.4. The highest BCUT2D eigenvalue weighted by Gasteiger charge is 2.77. The van der Waals surface area contributed by atoms with Crippen molar-refractivity contribution in [2.45, 2.75) is 67.3 Å². The van der Waals surface area contributed by atoms with Crippen molar-refractivity contribution < 1.29 is 38.5 Å². The van der Waals surface area contributed by atoms with E-state index in [4.69, 9.17) is 14.2 Å². The Hall–Kier alpha value is -4.00. The number of allylic oxidation sites excluding steroid dienone is 1. The van der Waals surface area contributed by atoms with Crippen LogP contribution in [0, 0.1) is 11.8 Å². The molecule has 0 aromatic heterocycles. The molecule has 3 aliphatic heterocycles. The Labute approximate surface area is 295 Å². The zero-order chi connectivity index (χ0) is 35.3. The predicted molar refractivity (Wildman–Crippen MR) is 187 cm³/mol. The summed E-state index contributed by atoms with van der Waals surface area (Å²) in [5, 5.41) is 13.5. The van der Waals surface area contributed by atoms with Crippen LogP contribution in [0.15, 0.2) is 79.9 Å². The summed E-state index contributed by atoms with van der Waals surface area (Å²) in [6, 6.07) is 14.4. The van der Waals surface area contributed by atoms with E-state index in [0.29, 0.717) is 17.9 Å². The molecule has 49 heavy (non-hydrogen) atoms. The van der Waals surface area contributed by atoms with Gasteiger partial charge in [0.1, 0.15) is 23.5 Å². The molecule has 2 aromatic carbocycles. The van der Waals surface area contributed by atoms with Crippen molar-refractivity contribution in [3.05, 3.63) is 85.5 Å². The van der Waals surface area contributed by atoms with Crippen LogP contribution in [0.4, 0.5) is 5.69 Å². The number of carbonyl (C=O) groups excluding carboxylic acids is 4. The Kier molecular flexibility index (Phi) is 11.6. The van der Waals surface area contributed by atoms with Gasteiger partial charge < -0.3 is 34.4 Å². The number of rotatable bonds is 16. The first kappa shape index (κ1) is 36.3. The average molecular weight is 739 g/mol. The maximum Gasteiger partial charge on any atom is 0.312 e. The highest BCUT2D eigenvalue weighted by Crippen LogP contribution is 2.61. The third-order valence-electron chi connectivity index (χ3n) is 9.59. The summed E-state index contributed by atoms with van der Waals surface area (Å²) in [6.07, 6.45) is 3.19. The molecule has 3 fully saturated rings. The first-order valence-electron chi connectivity index (χ1n) is 16.5. The second-order valence-electron chi connectivity index (χ2n) is 12.7. The van der Waals surface area contributed by atoms with Gasteiger partial charge in [-0.3, -0.25) is 19.2 Å². The van der Waals surface area contributed by atoms with Crippen LogP contribution in [-0.2, 0) is 35.1 Å². The lowest BCUT2D eigenvalue weighted by Crippen LogP contribution is -2.59. The van der Waals surface area contributed by atoms with Crippen molar-refractivity contribution in [3.8, 4) is 5.75 Å². The highest BCUT2D eigenvalue weighted by atomic mass is 79.9. The van der Waals surface area contributed by atoms with Crippen molar-refractivity contribution in [2.24, 2.45) is 11.8 Å². The van der Waals surface area contributed by atoms with Crippen molar-refractivity contribution in [2.75, 3.05) is 31.7 Å². The van der Waals surface area contributed by atoms with Crippen LogP contribution < -0.4 is 15.0 Å². The van der Waals surface area contributed by atoms with Gasteiger partial charge in [-0.25, -0.2) is 0 Å². The number of amides is 3. The van der Waals surface area contributed by atoms with Crippen LogP contribution in [-0.4, -0.2) is 95.2 Å². The lowest BCUT2D eigenvalue weighted by molar-refractivity contribution is -0.159. The first-order chi connectivity index (χ1) is 23.6. The summed E-state index contributed by atoms with van der Waals surface area (Å²) >= 11 is 3.70. The second kappa shape index (κ2) is 15.7. The van der Waals surface area contributed by atoms with E-state index in [9.17, 15) is 24.3 Å². The number of aliphatic hydroxyl groups excluding tert-OH is 1. The minimum Gasteiger partial charge on any atom is -0.497 e. The van der Waals surface area contributed by atoms with E-state index in [0.717, 1.165) is 5.56 Å². The van der Waals surface area contributed by atoms with E-state index >= 15 is 0 Å². The molecular formula is C37H44BrN3O8. The molecule has 1 unspecified atom stereocenters. The standard InChI is InChI=1S/C37H44BrN3O8/c1-5-7-13-29(43)39-21-23(3)48-36(46)30-31-34(44)41(26(22-42)19-24-11-9-8-10-12-24)33(37(31)20-28(38)32(30)49-37)35(45)40(18-6-2)25-14-16-27(47-4)17-15-25/h5-6,8-12,14-17,23,26,28,30-33,42H,1-2,7,13,18-22H2,3-4H3,(H,39,43)/t23-,26+,28?,30+,31-,32+,33+,37-/m0/s1. The number of benzene rings is 2. The monoisotopic (exact) mass is 737 g/mol. The van der Waals surface area contributed by atoms with Crippen LogP contribution in [0.1, 0.15) is 31.7 Å². The number of fused-ring (bicyclic) bond motifs is 1. The minimum absolute atomic E-state index is 0.0940. The molecule has 3 heterocycles. The van der Waals surface area contributed by atoms with Gasteiger partial charge >= 0.3 is 5.97 Å². The van der Waals surface area contributed by atoms with E-state index < -0.39 is 66.1 Å². The highest BCUT2D eigenvalue weighted by molar-refractivity contribution is 9.09. The van der Waals surface area contributed by atoms with E-state index in [2.05, 4.69) is 34.4 Å². The number of methoxy groups -OCH3 is 1. The molecule has 8 atom stereocenters. The van der Waals surface area contributed by atoms with Gasteiger partial charge in [0.2, 0.25) is 11.8 Å². The molecule has 5 rings (SSSR count). The quantitative estimate of drug-likeness (QED) is 0.152. The van der Waals surface area contributed by atoms with Gasteiger partial charge in [-0.05, 0) is 56.0 Å². The van der Waals surface area contributed by atoms with Crippen LogP contribution in [0.3, 0.4) is 0 Å². The number of hydrogen-bond donors (Lipinski definition) is 2. The molecule has 3 amide bonds. The van der Waals surface area contributed by atoms with Gasteiger partial charge in [0.25, 0.3) is 5.91 Å². The summed E-state index contributed by atoms with van der Waals surface area (Å²) < 4.78 is 17.8. The number of alkyl halides is 1. The number of anilines is 1. The molecule has 1 spiro atoms. The van der Waals surface area contributed by atoms with Crippen molar-refractivity contribution in [3.63, 3.8) is 0 Å². The molecule has 2 aromatic rings. The lowest BCUT2D eigenvalue weighted by atomic mass is 9.70. The molecule has 0 radical (unpaired) electrons. The van der Waals surface area contributed by atoms with E-state index in [1.807, 2.05) is 30.3 Å². The Bertz CT molecular complexity index is 1540. The maximum atomic E-state index is 14.9. The normalized spacial score (nSPS) is 26.4. The molecule has 2 bridgehead atoms. The summed E-state index contributed by atoms with van der Waals surface area (Å²) in [5.41, 5.74) is 0.0515. The van der Waals surface area contributed by atoms with Gasteiger partial charge in [0, 0.05) is 23.5 Å². The van der Waals surface area contributed by atoms with Crippen molar-refractivity contribution in [1.82, 2.24) is 10.2 Å². The molecule has 2 N–H and O–H groups in total. The van der Waals surface area contributed by atoms with Gasteiger partial charge in [-0.1, -0.05) is 58.4 Å². The largest absolute Gasteiger partial charge is 0.497 e. The zero-order valence-electron chi connectivity index (χ0n) is 27.8. The smallest absolute Gasteiger partial charge is 0.312 e. The SMILES string of the molecule is C=CCCC(=O)NC[C@H](C)OC(=O)[C@H]1[C@@H]2O[C@@]3(CC2Br)[C@@H]1C(=O)N([C@@H](CO)Cc1ccccc1)[C@@H]3C(=O)N(CC=C)c1ccc(OC)cc1. The van der Waals surface area contributed by atoms with Crippen LogP contribution in [0.5, 0.6) is 5.75 Å². The van der Waals surface area contributed by atoms with Crippen molar-refractivity contribution in [1.29, 1.82) is 0 Å². The Morgan fingerprint density at radius 3 is 2.51 bits per heavy atom. The summed E-state index contributed by atoms with van der Waals surface area (Å²) in [7, 11) is 1.55. The summed E-state index contributed by atoms with van der Waals surface area (Å²) in [6.45, 7) is 8.97. The van der Waals surface area contributed by atoms with Crippen LogP contribution in [0.2, 0.25) is 0 Å².